The van der Waals surface area contributed by atoms with E-state index in [0.29, 0.717) is 0 Å². The molecule has 0 bridgehead atoms. The van der Waals surface area contributed by atoms with Crippen LogP contribution < -0.4 is 14.7 Å². The molecule has 0 radical (unpaired) electrons. The van der Waals surface area contributed by atoms with E-state index >= 15 is 0 Å². The predicted molar refractivity (Wildman–Crippen MR) is 251 cm³/mol. The summed E-state index contributed by atoms with van der Waals surface area (Å²) in [6, 6.07) is 85.2. The maximum absolute atomic E-state index is 2.43. The second-order valence-corrected chi connectivity index (χ2v) is 15.4. The molecule has 1 atom stereocenters. The van der Waals surface area contributed by atoms with E-state index in [0.717, 1.165) is 39.8 Å². The lowest BCUT2D eigenvalue weighted by Gasteiger charge is -2.39. The van der Waals surface area contributed by atoms with Gasteiger partial charge in [0.1, 0.15) is 0 Å². The molecule has 0 fully saturated rings. The van der Waals surface area contributed by atoms with E-state index in [4.69, 9.17) is 0 Å². The largest absolute Gasteiger partial charge is 0.317 e. The maximum atomic E-state index is 2.43. The normalized spacial score (nSPS) is 14.6. The fraction of sp³-hybridized carbons (Fsp3) is 0.0175. The Morgan fingerprint density at radius 1 is 0.317 bits per heavy atom. The van der Waals surface area contributed by atoms with Gasteiger partial charge in [0.15, 0.2) is 0 Å². The summed E-state index contributed by atoms with van der Waals surface area (Å²) in [5, 5.41) is 0. The van der Waals surface area contributed by atoms with Gasteiger partial charge >= 0.3 is 0 Å². The fourth-order valence-corrected chi connectivity index (χ4v) is 9.33. The number of hydrogen-bond acceptors (Lipinski definition) is 3. The van der Waals surface area contributed by atoms with Crippen molar-refractivity contribution in [1.82, 2.24) is 0 Å². The number of benzene rings is 9. The fourth-order valence-electron chi connectivity index (χ4n) is 9.33. The van der Waals surface area contributed by atoms with Crippen molar-refractivity contribution in [2.45, 2.75) is 5.41 Å². The van der Waals surface area contributed by atoms with E-state index in [9.17, 15) is 0 Å². The quantitative estimate of drug-likeness (QED) is 0.152. The van der Waals surface area contributed by atoms with Gasteiger partial charge in [-0.25, -0.2) is 0 Å². The molecule has 3 nitrogen and oxygen atoms in total. The van der Waals surface area contributed by atoms with Crippen molar-refractivity contribution in [1.29, 1.82) is 0 Å². The van der Waals surface area contributed by atoms with Crippen LogP contribution in [-0.2, 0) is 5.41 Å². The maximum Gasteiger partial charge on any atom is 0.0682 e. The van der Waals surface area contributed by atoms with Crippen molar-refractivity contribution in [3.63, 3.8) is 0 Å². The van der Waals surface area contributed by atoms with Crippen molar-refractivity contribution in [3.8, 4) is 22.3 Å². The average Bonchev–Trinajstić information content (AvgIpc) is 3.60. The van der Waals surface area contributed by atoms with Crippen LogP contribution in [0, 0.1) is 0 Å². The molecule has 1 unspecified atom stereocenters. The number of nitrogens with zero attached hydrogens (tertiary/aromatic N) is 3. The van der Waals surface area contributed by atoms with E-state index in [1.54, 1.807) is 0 Å². The minimum Gasteiger partial charge on any atom is -0.317 e. The van der Waals surface area contributed by atoms with Gasteiger partial charge in [0.25, 0.3) is 0 Å². The standard InChI is InChI=1S/C57H41N3/c1-5-17-44(18-6-1)58-40-39-57(54-27-15-16-28-56(54)58)53-26-14-13-25-51(53)52-38-37-50(41-55(52)57)60(47-23-11-4-12-24-47)49-35-31-43(32-36-49)42-29-33-48(34-30-42)59(45-19-7-2-8-20-45)46-21-9-3-10-22-46/h1-41H. The summed E-state index contributed by atoms with van der Waals surface area (Å²) in [6.45, 7) is 0. The summed E-state index contributed by atoms with van der Waals surface area (Å²) in [5.74, 6) is 0. The zero-order valence-corrected chi connectivity index (χ0v) is 33.0. The van der Waals surface area contributed by atoms with Crippen LogP contribution in [0.2, 0.25) is 0 Å². The van der Waals surface area contributed by atoms with Crippen LogP contribution in [0.4, 0.5) is 45.5 Å². The predicted octanol–water partition coefficient (Wildman–Crippen LogP) is 15.3. The lowest BCUT2D eigenvalue weighted by molar-refractivity contribution is 0.785. The molecule has 9 aromatic rings. The van der Waals surface area contributed by atoms with Gasteiger partial charge in [-0.2, -0.15) is 0 Å². The monoisotopic (exact) mass is 767 g/mol. The van der Waals surface area contributed by atoms with Crippen LogP contribution in [-0.4, -0.2) is 0 Å². The van der Waals surface area contributed by atoms with E-state index in [-0.39, 0.29) is 0 Å². The summed E-state index contributed by atoms with van der Waals surface area (Å²) in [6.07, 6.45) is 4.69. The Morgan fingerprint density at radius 3 is 1.30 bits per heavy atom. The van der Waals surface area contributed by atoms with Crippen LogP contribution in [0.3, 0.4) is 0 Å². The number of anilines is 8. The number of rotatable bonds is 8. The molecule has 0 aromatic heterocycles. The average molecular weight is 768 g/mol. The van der Waals surface area contributed by atoms with Gasteiger partial charge in [0.2, 0.25) is 0 Å². The first-order valence-corrected chi connectivity index (χ1v) is 20.6. The van der Waals surface area contributed by atoms with E-state index in [2.05, 4.69) is 264 Å². The molecule has 11 rings (SSSR count). The Kier molecular flexibility index (Phi) is 8.71. The third-order valence-electron chi connectivity index (χ3n) is 12.1. The molecule has 2 aliphatic rings. The molecule has 284 valence electrons. The summed E-state index contributed by atoms with van der Waals surface area (Å²) in [5.41, 5.74) is 17.3. The molecule has 0 N–H and O–H groups in total. The molecule has 0 amide bonds. The molecular weight excluding hydrogens is 727 g/mol. The molecule has 3 heteroatoms. The second-order valence-electron chi connectivity index (χ2n) is 15.4. The van der Waals surface area contributed by atoms with Crippen molar-refractivity contribution in [2.75, 3.05) is 14.7 Å². The Labute approximate surface area is 352 Å². The first kappa shape index (κ1) is 35.3. The highest BCUT2D eigenvalue weighted by molar-refractivity contribution is 5.92. The SMILES string of the molecule is C1=CC2(c3ccccc3-c3ccc(N(c4ccccc4)c4ccc(-c5ccc(N(c6ccccc6)c6ccccc6)cc5)cc4)cc32)c2ccccc2N1c1ccccc1. The summed E-state index contributed by atoms with van der Waals surface area (Å²) in [4.78, 5) is 7.00. The summed E-state index contributed by atoms with van der Waals surface area (Å²) in [7, 11) is 0. The molecule has 1 heterocycles. The zero-order chi connectivity index (χ0) is 39.9. The Balaban J connectivity index is 0.984. The van der Waals surface area contributed by atoms with Crippen LogP contribution in [0.25, 0.3) is 22.3 Å². The molecule has 1 spiro atoms. The van der Waals surface area contributed by atoms with E-state index in [1.807, 2.05) is 0 Å². The number of fused-ring (bicyclic) bond motifs is 7. The summed E-state index contributed by atoms with van der Waals surface area (Å²) < 4.78 is 0. The van der Waals surface area contributed by atoms with Crippen LogP contribution >= 0.6 is 0 Å². The molecular formula is C57H41N3. The van der Waals surface area contributed by atoms with Gasteiger partial charge in [-0.15, -0.1) is 0 Å². The van der Waals surface area contributed by atoms with Crippen molar-refractivity contribution < 1.29 is 0 Å². The van der Waals surface area contributed by atoms with Crippen LogP contribution in [0.15, 0.2) is 249 Å². The van der Waals surface area contributed by atoms with Crippen molar-refractivity contribution in [2.24, 2.45) is 0 Å². The van der Waals surface area contributed by atoms with Gasteiger partial charge < -0.3 is 14.7 Å². The minimum atomic E-state index is -0.460. The zero-order valence-electron chi connectivity index (χ0n) is 33.0. The topological polar surface area (TPSA) is 9.72 Å². The highest BCUT2D eigenvalue weighted by Crippen LogP contribution is 2.58. The van der Waals surface area contributed by atoms with Gasteiger partial charge in [0, 0.05) is 46.0 Å². The van der Waals surface area contributed by atoms with E-state index in [1.165, 1.54) is 44.6 Å². The lowest BCUT2D eigenvalue weighted by Crippen LogP contribution is -2.31. The molecule has 1 aliphatic heterocycles. The molecule has 0 saturated heterocycles. The van der Waals surface area contributed by atoms with Crippen LogP contribution in [0.5, 0.6) is 0 Å². The van der Waals surface area contributed by atoms with Gasteiger partial charge in [-0.3, -0.25) is 0 Å². The van der Waals surface area contributed by atoms with Crippen LogP contribution in [0.1, 0.15) is 16.7 Å². The Morgan fingerprint density at radius 2 is 0.733 bits per heavy atom. The number of hydrogen-bond donors (Lipinski definition) is 0. The number of para-hydroxylation sites is 5. The van der Waals surface area contributed by atoms with Crippen molar-refractivity contribution in [3.05, 3.63) is 266 Å². The Hall–Kier alpha value is -7.88. The van der Waals surface area contributed by atoms with Gasteiger partial charge in [-0.1, -0.05) is 146 Å². The highest BCUT2D eigenvalue weighted by Gasteiger charge is 2.46. The first-order valence-electron chi connectivity index (χ1n) is 20.6. The molecule has 1 aliphatic carbocycles. The third kappa shape index (κ3) is 5.90. The van der Waals surface area contributed by atoms with Gasteiger partial charge in [-0.05, 0) is 136 Å². The van der Waals surface area contributed by atoms with Crippen molar-refractivity contribution >= 4 is 45.5 Å². The number of allylic oxidation sites excluding steroid dienone is 1. The highest BCUT2D eigenvalue weighted by atomic mass is 15.2. The third-order valence-corrected chi connectivity index (χ3v) is 12.1. The van der Waals surface area contributed by atoms with E-state index < -0.39 is 5.41 Å². The minimum absolute atomic E-state index is 0.460. The molecule has 0 saturated carbocycles. The first-order chi connectivity index (χ1) is 29.8. The molecule has 9 aromatic carbocycles. The second kappa shape index (κ2) is 14.8. The Bertz CT molecular complexity index is 2920. The molecule has 60 heavy (non-hydrogen) atoms. The van der Waals surface area contributed by atoms with Gasteiger partial charge in [0.05, 0.1) is 11.1 Å². The smallest absolute Gasteiger partial charge is 0.0682 e. The lowest BCUT2D eigenvalue weighted by atomic mass is 9.70. The summed E-state index contributed by atoms with van der Waals surface area (Å²) >= 11 is 0.